The molecule has 1 aromatic carbocycles. The van der Waals surface area contributed by atoms with Crippen molar-refractivity contribution in [2.75, 3.05) is 31.7 Å². The number of hydrogen-bond donors (Lipinski definition) is 1. The standard InChI is InChI=1S/C21H27N3O3/c1-26-21(25)20(22)14-16-2-4-19(5-3-16)27-15-17-8-12-24(13-9-17)18-6-10-23-11-7-18/h2-7,10-11,17,20H,8-9,12-15,22H2,1H3. The van der Waals surface area contributed by atoms with Gasteiger partial charge < -0.3 is 20.1 Å². The molecule has 0 saturated carbocycles. The molecule has 0 aliphatic carbocycles. The van der Waals surface area contributed by atoms with E-state index in [1.165, 1.54) is 12.8 Å². The van der Waals surface area contributed by atoms with Crippen molar-refractivity contribution in [3.8, 4) is 5.75 Å². The summed E-state index contributed by atoms with van der Waals surface area (Å²) in [6, 6.07) is 11.3. The maximum atomic E-state index is 11.4. The van der Waals surface area contributed by atoms with Crippen LogP contribution < -0.4 is 15.4 Å². The number of carbonyl (C=O) groups excluding carboxylic acids is 1. The van der Waals surface area contributed by atoms with Crippen LogP contribution in [0.25, 0.3) is 0 Å². The SMILES string of the molecule is COC(=O)C(N)Cc1ccc(OCC2CCN(c3ccncc3)CC2)cc1. The molecule has 1 aliphatic rings. The lowest BCUT2D eigenvalue weighted by atomic mass is 9.97. The lowest BCUT2D eigenvalue weighted by molar-refractivity contribution is -0.142. The Morgan fingerprint density at radius 1 is 1.19 bits per heavy atom. The topological polar surface area (TPSA) is 77.7 Å². The molecule has 2 aromatic rings. The molecule has 6 heteroatoms. The largest absolute Gasteiger partial charge is 0.493 e. The number of rotatable bonds is 7. The van der Waals surface area contributed by atoms with Crippen LogP contribution in [0.15, 0.2) is 48.8 Å². The van der Waals surface area contributed by atoms with Crippen LogP contribution in [0, 0.1) is 5.92 Å². The Morgan fingerprint density at radius 3 is 2.48 bits per heavy atom. The minimum atomic E-state index is -0.632. The smallest absolute Gasteiger partial charge is 0.322 e. The van der Waals surface area contributed by atoms with Gasteiger partial charge in [-0.15, -0.1) is 0 Å². The summed E-state index contributed by atoms with van der Waals surface area (Å²) in [5, 5.41) is 0. The Labute approximate surface area is 160 Å². The van der Waals surface area contributed by atoms with Crippen LogP contribution >= 0.6 is 0 Å². The molecule has 0 amide bonds. The Hall–Kier alpha value is -2.60. The van der Waals surface area contributed by atoms with Crippen LogP contribution in [0.1, 0.15) is 18.4 Å². The second-order valence-corrected chi connectivity index (χ2v) is 6.92. The number of nitrogens with zero attached hydrogens (tertiary/aromatic N) is 2. The van der Waals surface area contributed by atoms with Gasteiger partial charge in [-0.2, -0.15) is 0 Å². The number of piperidine rings is 1. The van der Waals surface area contributed by atoms with E-state index in [2.05, 4.69) is 26.8 Å². The first-order valence-electron chi connectivity index (χ1n) is 9.36. The van der Waals surface area contributed by atoms with Crippen LogP contribution in [0.4, 0.5) is 5.69 Å². The summed E-state index contributed by atoms with van der Waals surface area (Å²) in [4.78, 5) is 17.9. The molecule has 2 heterocycles. The van der Waals surface area contributed by atoms with Gasteiger partial charge in [-0.1, -0.05) is 12.1 Å². The summed E-state index contributed by atoms with van der Waals surface area (Å²) >= 11 is 0. The Bertz CT molecular complexity index is 713. The maximum absolute atomic E-state index is 11.4. The third-order valence-corrected chi connectivity index (χ3v) is 5.01. The van der Waals surface area contributed by atoms with Crippen molar-refractivity contribution >= 4 is 11.7 Å². The Balaban J connectivity index is 1.42. The highest BCUT2D eigenvalue weighted by molar-refractivity contribution is 5.75. The van der Waals surface area contributed by atoms with Gasteiger partial charge in [0.2, 0.25) is 0 Å². The zero-order chi connectivity index (χ0) is 19.1. The fraction of sp³-hybridized carbons (Fsp3) is 0.429. The molecular weight excluding hydrogens is 342 g/mol. The number of carbonyl (C=O) groups is 1. The van der Waals surface area contributed by atoms with Crippen molar-refractivity contribution < 1.29 is 14.3 Å². The van der Waals surface area contributed by atoms with E-state index in [1.807, 2.05) is 36.7 Å². The summed E-state index contributed by atoms with van der Waals surface area (Å²) in [6.45, 7) is 2.82. The number of aromatic nitrogens is 1. The van der Waals surface area contributed by atoms with Crippen LogP contribution in [0.5, 0.6) is 5.75 Å². The van der Waals surface area contributed by atoms with E-state index < -0.39 is 12.0 Å². The molecule has 1 saturated heterocycles. The van der Waals surface area contributed by atoms with Gasteiger partial charge in [0.1, 0.15) is 11.8 Å². The van der Waals surface area contributed by atoms with Crippen molar-refractivity contribution in [3.05, 3.63) is 54.4 Å². The van der Waals surface area contributed by atoms with Crippen molar-refractivity contribution in [1.29, 1.82) is 0 Å². The molecule has 1 atom stereocenters. The highest BCUT2D eigenvalue weighted by Crippen LogP contribution is 2.24. The van der Waals surface area contributed by atoms with E-state index in [9.17, 15) is 4.79 Å². The molecule has 1 unspecified atom stereocenters. The number of hydrogen-bond acceptors (Lipinski definition) is 6. The van der Waals surface area contributed by atoms with E-state index in [4.69, 9.17) is 10.5 Å². The number of benzene rings is 1. The number of esters is 1. The van der Waals surface area contributed by atoms with E-state index in [0.717, 1.165) is 43.9 Å². The first kappa shape index (κ1) is 19.2. The molecule has 27 heavy (non-hydrogen) atoms. The van der Waals surface area contributed by atoms with Crippen LogP contribution in [0.3, 0.4) is 0 Å². The molecule has 144 valence electrons. The molecule has 1 fully saturated rings. The number of pyridine rings is 1. The summed E-state index contributed by atoms with van der Waals surface area (Å²) in [5.74, 6) is 1.02. The van der Waals surface area contributed by atoms with E-state index >= 15 is 0 Å². The molecule has 1 aromatic heterocycles. The third-order valence-electron chi connectivity index (χ3n) is 5.01. The summed E-state index contributed by atoms with van der Waals surface area (Å²) in [7, 11) is 1.35. The fourth-order valence-corrected chi connectivity index (χ4v) is 3.34. The van der Waals surface area contributed by atoms with E-state index in [1.54, 1.807) is 0 Å². The predicted molar refractivity (Wildman–Crippen MR) is 105 cm³/mol. The van der Waals surface area contributed by atoms with Crippen LogP contribution in [-0.4, -0.2) is 43.8 Å². The minimum absolute atomic E-state index is 0.395. The van der Waals surface area contributed by atoms with Gasteiger partial charge in [0, 0.05) is 31.2 Å². The number of anilines is 1. The monoisotopic (exact) mass is 369 g/mol. The summed E-state index contributed by atoms with van der Waals surface area (Å²) in [6.07, 6.45) is 6.38. The van der Waals surface area contributed by atoms with E-state index in [0.29, 0.717) is 12.3 Å². The number of ether oxygens (including phenoxy) is 2. The molecule has 6 nitrogen and oxygen atoms in total. The highest BCUT2D eigenvalue weighted by atomic mass is 16.5. The second kappa shape index (κ2) is 9.37. The molecular formula is C21H27N3O3. The highest BCUT2D eigenvalue weighted by Gasteiger charge is 2.20. The second-order valence-electron chi connectivity index (χ2n) is 6.92. The molecule has 2 N–H and O–H groups in total. The zero-order valence-corrected chi connectivity index (χ0v) is 15.7. The quantitative estimate of drug-likeness (QED) is 0.755. The normalized spacial score (nSPS) is 16.0. The first-order chi connectivity index (χ1) is 13.2. The van der Waals surface area contributed by atoms with Gasteiger partial charge in [-0.3, -0.25) is 9.78 Å². The van der Waals surface area contributed by atoms with Crippen LogP contribution in [0.2, 0.25) is 0 Å². The Morgan fingerprint density at radius 2 is 1.85 bits per heavy atom. The van der Waals surface area contributed by atoms with Crippen molar-refractivity contribution in [2.45, 2.75) is 25.3 Å². The van der Waals surface area contributed by atoms with E-state index in [-0.39, 0.29) is 0 Å². The first-order valence-corrected chi connectivity index (χ1v) is 9.36. The molecule has 0 spiro atoms. The average molecular weight is 369 g/mol. The minimum Gasteiger partial charge on any atom is -0.493 e. The molecule has 3 rings (SSSR count). The maximum Gasteiger partial charge on any atom is 0.322 e. The molecule has 1 aliphatic heterocycles. The number of methoxy groups -OCH3 is 1. The average Bonchev–Trinajstić information content (AvgIpc) is 2.73. The van der Waals surface area contributed by atoms with Crippen molar-refractivity contribution in [1.82, 2.24) is 4.98 Å². The van der Waals surface area contributed by atoms with Crippen molar-refractivity contribution in [2.24, 2.45) is 11.7 Å². The van der Waals surface area contributed by atoms with Gasteiger partial charge in [-0.05, 0) is 55.0 Å². The summed E-state index contributed by atoms with van der Waals surface area (Å²) in [5.41, 5.74) is 8.03. The zero-order valence-electron chi connectivity index (χ0n) is 15.7. The Kier molecular flexibility index (Phi) is 6.65. The van der Waals surface area contributed by atoms with Gasteiger partial charge in [0.15, 0.2) is 0 Å². The summed E-state index contributed by atoms with van der Waals surface area (Å²) < 4.78 is 10.6. The van der Waals surface area contributed by atoms with Gasteiger partial charge in [0.25, 0.3) is 0 Å². The third kappa shape index (κ3) is 5.44. The number of nitrogens with two attached hydrogens (primary N) is 1. The predicted octanol–water partition coefficient (Wildman–Crippen LogP) is 2.42. The van der Waals surface area contributed by atoms with Crippen molar-refractivity contribution in [3.63, 3.8) is 0 Å². The molecule has 0 bridgehead atoms. The fourth-order valence-electron chi connectivity index (χ4n) is 3.34. The molecule has 0 radical (unpaired) electrons. The lowest BCUT2D eigenvalue weighted by Crippen LogP contribution is -2.35. The van der Waals surface area contributed by atoms with Crippen LogP contribution in [-0.2, 0) is 16.0 Å². The lowest BCUT2D eigenvalue weighted by Gasteiger charge is -2.33. The van der Waals surface area contributed by atoms with Gasteiger partial charge >= 0.3 is 5.97 Å². The van der Waals surface area contributed by atoms with Gasteiger partial charge in [0.05, 0.1) is 13.7 Å². The van der Waals surface area contributed by atoms with Gasteiger partial charge in [-0.25, -0.2) is 0 Å².